The zero-order valence-corrected chi connectivity index (χ0v) is 10.6. The Balaban J connectivity index is 1.85. The average molecular weight is 237 g/mol. The number of ether oxygens (including phenoxy) is 1. The largest absolute Gasteiger partial charge is 0.385 e. The van der Waals surface area contributed by atoms with E-state index in [2.05, 4.69) is 41.3 Å². The highest BCUT2D eigenvalue weighted by atomic mass is 32.2. The number of hydrogen-bond donors (Lipinski definition) is 1. The van der Waals surface area contributed by atoms with Gasteiger partial charge in [0, 0.05) is 19.3 Å². The summed E-state index contributed by atoms with van der Waals surface area (Å²) >= 11 is 2.07. The van der Waals surface area contributed by atoms with Gasteiger partial charge in [-0.05, 0) is 41.5 Å². The van der Waals surface area contributed by atoms with Crippen molar-refractivity contribution in [2.45, 2.75) is 13.0 Å². The van der Waals surface area contributed by atoms with Crippen molar-refractivity contribution in [1.29, 1.82) is 0 Å². The average Bonchev–Trinajstić information content (AvgIpc) is 2.80. The van der Waals surface area contributed by atoms with E-state index in [1.54, 1.807) is 7.11 Å². The maximum atomic E-state index is 5.13. The van der Waals surface area contributed by atoms with Gasteiger partial charge < -0.3 is 10.1 Å². The minimum atomic E-state index is 0.689. The highest BCUT2D eigenvalue weighted by molar-refractivity contribution is 7.99. The van der Waals surface area contributed by atoms with Crippen LogP contribution in [0.3, 0.4) is 0 Å². The lowest BCUT2D eigenvalue weighted by molar-refractivity contribution is 0.185. The van der Waals surface area contributed by atoms with E-state index in [9.17, 15) is 0 Å². The Bertz CT molecular complexity index is 323. The molecule has 0 saturated carbocycles. The summed E-state index contributed by atoms with van der Waals surface area (Å²) in [6.07, 6.45) is 1.36. The first-order chi connectivity index (χ1) is 7.88. The van der Waals surface area contributed by atoms with Crippen molar-refractivity contribution in [3.05, 3.63) is 29.8 Å². The quantitative estimate of drug-likeness (QED) is 0.850. The molecule has 0 spiro atoms. The van der Waals surface area contributed by atoms with Gasteiger partial charge in [-0.3, -0.25) is 0 Å². The number of methoxy groups -OCH3 is 1. The predicted molar refractivity (Wildman–Crippen MR) is 71.1 cm³/mol. The van der Waals surface area contributed by atoms with Crippen LogP contribution in [0.5, 0.6) is 0 Å². The molecule has 0 bridgehead atoms. The van der Waals surface area contributed by atoms with Gasteiger partial charge in [0.25, 0.3) is 0 Å². The Labute approximate surface area is 102 Å². The van der Waals surface area contributed by atoms with E-state index in [-0.39, 0.29) is 0 Å². The van der Waals surface area contributed by atoms with Gasteiger partial charge in [0.05, 0.1) is 6.61 Å². The Morgan fingerprint density at radius 1 is 1.50 bits per heavy atom. The van der Waals surface area contributed by atoms with Crippen LogP contribution in [0.2, 0.25) is 0 Å². The fraction of sp³-hybridized carbons (Fsp3) is 0.538. The normalized spacial score (nSPS) is 19.9. The van der Waals surface area contributed by atoms with Gasteiger partial charge in [0.2, 0.25) is 0 Å². The van der Waals surface area contributed by atoms with Crippen molar-refractivity contribution < 1.29 is 4.74 Å². The first kappa shape index (κ1) is 11.8. The Kier molecular flexibility index (Phi) is 4.55. The number of hydrogen-bond acceptors (Lipinski definition) is 3. The van der Waals surface area contributed by atoms with Crippen LogP contribution in [0.1, 0.15) is 12.0 Å². The van der Waals surface area contributed by atoms with Crippen LogP contribution in [-0.4, -0.2) is 25.2 Å². The number of anilines is 1. The summed E-state index contributed by atoms with van der Waals surface area (Å²) in [6.45, 7) is 1.79. The molecule has 1 aromatic carbocycles. The van der Waals surface area contributed by atoms with Gasteiger partial charge in [-0.15, -0.1) is 0 Å². The fourth-order valence-corrected chi connectivity index (χ4v) is 3.23. The second kappa shape index (κ2) is 6.16. The van der Waals surface area contributed by atoms with E-state index in [4.69, 9.17) is 4.74 Å². The summed E-state index contributed by atoms with van der Waals surface area (Å²) in [4.78, 5) is 0. The van der Waals surface area contributed by atoms with Crippen LogP contribution < -0.4 is 5.32 Å². The molecule has 0 amide bonds. The molecule has 0 aromatic heterocycles. The van der Waals surface area contributed by atoms with E-state index >= 15 is 0 Å². The summed E-state index contributed by atoms with van der Waals surface area (Å²) in [6, 6.07) is 8.48. The van der Waals surface area contributed by atoms with Crippen LogP contribution in [0.4, 0.5) is 5.69 Å². The summed E-state index contributed by atoms with van der Waals surface area (Å²) < 4.78 is 5.13. The third-order valence-corrected chi connectivity index (χ3v) is 4.09. The Morgan fingerprint density at radius 3 is 3.19 bits per heavy atom. The van der Waals surface area contributed by atoms with Crippen molar-refractivity contribution in [3.63, 3.8) is 0 Å². The molecule has 2 nitrogen and oxygen atoms in total. The maximum absolute atomic E-state index is 5.13. The molecule has 1 atom stereocenters. The summed E-state index contributed by atoms with van der Waals surface area (Å²) in [5.74, 6) is 3.48. The van der Waals surface area contributed by atoms with Crippen molar-refractivity contribution >= 4 is 17.4 Å². The van der Waals surface area contributed by atoms with Crippen molar-refractivity contribution in [2.24, 2.45) is 5.92 Å². The van der Waals surface area contributed by atoms with Gasteiger partial charge in [-0.2, -0.15) is 11.8 Å². The summed E-state index contributed by atoms with van der Waals surface area (Å²) in [5, 5.41) is 3.52. The van der Waals surface area contributed by atoms with Crippen molar-refractivity contribution in [1.82, 2.24) is 0 Å². The molecule has 16 heavy (non-hydrogen) atoms. The van der Waals surface area contributed by atoms with Gasteiger partial charge in [0.1, 0.15) is 0 Å². The lowest BCUT2D eigenvalue weighted by Crippen LogP contribution is -2.13. The smallest absolute Gasteiger partial charge is 0.0713 e. The summed E-state index contributed by atoms with van der Waals surface area (Å²) in [5.41, 5.74) is 2.44. The first-order valence-corrected chi connectivity index (χ1v) is 6.93. The lowest BCUT2D eigenvalue weighted by Gasteiger charge is -2.12. The van der Waals surface area contributed by atoms with Crippen LogP contribution >= 0.6 is 11.8 Å². The molecule has 1 saturated heterocycles. The zero-order chi connectivity index (χ0) is 11.2. The monoisotopic (exact) mass is 237 g/mol. The van der Waals surface area contributed by atoms with E-state index in [1.807, 2.05) is 0 Å². The predicted octanol–water partition coefficient (Wildman–Crippen LogP) is 3.00. The third-order valence-electron chi connectivity index (χ3n) is 2.86. The lowest BCUT2D eigenvalue weighted by atomic mass is 10.1. The molecule has 1 N–H and O–H groups in total. The second-order valence-electron chi connectivity index (χ2n) is 4.24. The molecule has 0 aliphatic carbocycles. The molecule has 0 radical (unpaired) electrons. The summed E-state index contributed by atoms with van der Waals surface area (Å²) in [7, 11) is 1.73. The molecule has 1 unspecified atom stereocenters. The van der Waals surface area contributed by atoms with Crippen molar-refractivity contribution in [3.8, 4) is 0 Å². The van der Waals surface area contributed by atoms with Gasteiger partial charge >= 0.3 is 0 Å². The van der Waals surface area contributed by atoms with Crippen LogP contribution in [-0.2, 0) is 11.3 Å². The Morgan fingerprint density at radius 2 is 2.44 bits per heavy atom. The number of nitrogens with one attached hydrogen (secondary N) is 1. The first-order valence-electron chi connectivity index (χ1n) is 5.78. The number of benzene rings is 1. The highest BCUT2D eigenvalue weighted by Crippen LogP contribution is 2.23. The van der Waals surface area contributed by atoms with Gasteiger partial charge in [0.15, 0.2) is 0 Å². The van der Waals surface area contributed by atoms with E-state index < -0.39 is 0 Å². The molecule has 88 valence electrons. The zero-order valence-electron chi connectivity index (χ0n) is 9.74. The number of thioether (sulfide) groups is 1. The van der Waals surface area contributed by atoms with E-state index in [1.165, 1.54) is 29.2 Å². The molecule has 1 aliphatic heterocycles. The number of rotatable bonds is 5. The molecule has 3 heteroatoms. The third kappa shape index (κ3) is 3.42. The van der Waals surface area contributed by atoms with Gasteiger partial charge in [-0.25, -0.2) is 0 Å². The van der Waals surface area contributed by atoms with Crippen molar-refractivity contribution in [2.75, 3.05) is 30.5 Å². The van der Waals surface area contributed by atoms with Gasteiger partial charge in [-0.1, -0.05) is 12.1 Å². The highest BCUT2D eigenvalue weighted by Gasteiger charge is 2.14. The topological polar surface area (TPSA) is 21.3 Å². The van der Waals surface area contributed by atoms with Crippen LogP contribution in [0.15, 0.2) is 24.3 Å². The molecule has 1 aliphatic rings. The van der Waals surface area contributed by atoms with Crippen LogP contribution in [0.25, 0.3) is 0 Å². The van der Waals surface area contributed by atoms with E-state index in [0.29, 0.717) is 6.61 Å². The molecule has 1 heterocycles. The molecule has 2 rings (SSSR count). The second-order valence-corrected chi connectivity index (χ2v) is 5.39. The molecule has 1 aromatic rings. The standard InChI is InChI=1S/C13H19NOS/c1-15-9-11-3-2-4-13(7-11)14-8-12-5-6-16-10-12/h2-4,7,12,14H,5-6,8-10H2,1H3. The molecular weight excluding hydrogens is 218 g/mol. The Hall–Kier alpha value is -0.670. The fourth-order valence-electron chi connectivity index (χ4n) is 1.94. The molecular formula is C13H19NOS. The SMILES string of the molecule is COCc1cccc(NCC2CCSC2)c1. The minimum Gasteiger partial charge on any atom is -0.385 e. The van der Waals surface area contributed by atoms with Crippen LogP contribution in [0, 0.1) is 5.92 Å². The molecule has 1 fully saturated rings. The maximum Gasteiger partial charge on any atom is 0.0713 e. The van der Waals surface area contributed by atoms with E-state index in [0.717, 1.165) is 12.5 Å². The minimum absolute atomic E-state index is 0.689.